The molecule has 0 N–H and O–H groups in total. The number of rotatable bonds is 0. The average molecular weight is 140 g/mol. The molecule has 10 heavy (non-hydrogen) atoms. The predicted molar refractivity (Wildman–Crippen MR) is 39.5 cm³/mol. The van der Waals surface area contributed by atoms with Crippen molar-refractivity contribution in [2.45, 2.75) is 6.92 Å². The lowest BCUT2D eigenvalue weighted by atomic mass is 10.3. The van der Waals surface area contributed by atoms with Crippen molar-refractivity contribution in [3.05, 3.63) is 11.8 Å². The molecule has 0 aromatic carbocycles. The standard InChI is InChI=1S/C7H12N2O/c1-6-4-8(2)7(10)9(3)5-6/h4H,5H2,1-3H3. The highest BCUT2D eigenvalue weighted by atomic mass is 16.2. The number of carbonyl (C=O) groups is 1. The van der Waals surface area contributed by atoms with E-state index in [1.165, 1.54) is 5.57 Å². The number of urea groups is 1. The first kappa shape index (κ1) is 7.12. The maximum atomic E-state index is 11.1. The molecular formula is C7H12N2O. The molecule has 1 aliphatic rings. The summed E-state index contributed by atoms with van der Waals surface area (Å²) < 4.78 is 0. The van der Waals surface area contributed by atoms with Gasteiger partial charge in [-0.3, -0.25) is 0 Å². The second-order valence-electron chi connectivity index (χ2n) is 2.72. The van der Waals surface area contributed by atoms with Crippen LogP contribution in [0, 0.1) is 0 Å². The Morgan fingerprint density at radius 1 is 1.50 bits per heavy atom. The van der Waals surface area contributed by atoms with Crippen molar-refractivity contribution in [3.8, 4) is 0 Å². The molecule has 1 aliphatic heterocycles. The van der Waals surface area contributed by atoms with E-state index in [-0.39, 0.29) is 6.03 Å². The molecule has 0 unspecified atom stereocenters. The molecule has 1 heterocycles. The Kier molecular flexibility index (Phi) is 1.66. The van der Waals surface area contributed by atoms with Crippen molar-refractivity contribution in [1.29, 1.82) is 0 Å². The number of hydrogen-bond donors (Lipinski definition) is 0. The average Bonchev–Trinajstić information content (AvgIpc) is 1.82. The third-order valence-corrected chi connectivity index (χ3v) is 1.53. The molecule has 0 bridgehead atoms. The van der Waals surface area contributed by atoms with Crippen LogP contribution in [0.2, 0.25) is 0 Å². The van der Waals surface area contributed by atoms with Gasteiger partial charge in [0.1, 0.15) is 0 Å². The number of amides is 2. The van der Waals surface area contributed by atoms with E-state index in [1.54, 1.807) is 23.9 Å². The Morgan fingerprint density at radius 3 is 2.60 bits per heavy atom. The maximum Gasteiger partial charge on any atom is 0.323 e. The van der Waals surface area contributed by atoms with Crippen LogP contribution in [0.25, 0.3) is 0 Å². The first-order valence-electron chi connectivity index (χ1n) is 3.26. The summed E-state index contributed by atoms with van der Waals surface area (Å²) in [4.78, 5) is 14.4. The first-order valence-corrected chi connectivity index (χ1v) is 3.26. The molecule has 0 aromatic heterocycles. The SMILES string of the molecule is CC1=CN(C)C(=O)N(C)C1. The summed E-state index contributed by atoms with van der Waals surface area (Å²) in [5.74, 6) is 0. The van der Waals surface area contributed by atoms with Crippen LogP contribution in [0.5, 0.6) is 0 Å². The van der Waals surface area contributed by atoms with Gasteiger partial charge in [-0.15, -0.1) is 0 Å². The molecule has 3 nitrogen and oxygen atoms in total. The van der Waals surface area contributed by atoms with E-state index >= 15 is 0 Å². The molecule has 0 fully saturated rings. The van der Waals surface area contributed by atoms with Crippen molar-refractivity contribution in [2.75, 3.05) is 20.6 Å². The summed E-state index contributed by atoms with van der Waals surface area (Å²) in [5, 5.41) is 0. The molecular weight excluding hydrogens is 128 g/mol. The Morgan fingerprint density at radius 2 is 2.10 bits per heavy atom. The number of nitrogens with zero attached hydrogens (tertiary/aromatic N) is 2. The van der Waals surface area contributed by atoms with Gasteiger partial charge in [-0.1, -0.05) is 0 Å². The minimum Gasteiger partial charge on any atom is -0.323 e. The third kappa shape index (κ3) is 1.12. The summed E-state index contributed by atoms with van der Waals surface area (Å²) in [6, 6.07) is 0.0607. The molecule has 56 valence electrons. The number of hydrogen-bond acceptors (Lipinski definition) is 1. The summed E-state index contributed by atoms with van der Waals surface area (Å²) in [6.45, 7) is 2.77. The number of likely N-dealkylation sites (N-methyl/N-ethyl adjacent to an activating group) is 1. The Bertz CT molecular complexity index is 186. The molecule has 0 radical (unpaired) electrons. The van der Waals surface area contributed by atoms with Crippen LogP contribution >= 0.6 is 0 Å². The lowest BCUT2D eigenvalue weighted by Crippen LogP contribution is -2.40. The highest BCUT2D eigenvalue weighted by Gasteiger charge is 2.17. The van der Waals surface area contributed by atoms with E-state index in [1.807, 2.05) is 13.1 Å². The van der Waals surface area contributed by atoms with Gasteiger partial charge in [0.25, 0.3) is 0 Å². The topological polar surface area (TPSA) is 23.6 Å². The van der Waals surface area contributed by atoms with Gasteiger partial charge in [0, 0.05) is 26.8 Å². The third-order valence-electron chi connectivity index (χ3n) is 1.53. The molecule has 0 saturated carbocycles. The van der Waals surface area contributed by atoms with Gasteiger partial charge in [0.2, 0.25) is 0 Å². The number of carbonyl (C=O) groups excluding carboxylic acids is 1. The van der Waals surface area contributed by atoms with Crippen LogP contribution in [-0.4, -0.2) is 36.5 Å². The predicted octanol–water partition coefficient (Wildman–Crippen LogP) is 0.887. The van der Waals surface area contributed by atoms with E-state index < -0.39 is 0 Å². The maximum absolute atomic E-state index is 11.1. The second kappa shape index (κ2) is 2.33. The van der Waals surface area contributed by atoms with Crippen LogP contribution in [0.15, 0.2) is 11.8 Å². The quantitative estimate of drug-likeness (QED) is 0.490. The molecule has 0 saturated heterocycles. The van der Waals surface area contributed by atoms with Crippen LogP contribution in [0.3, 0.4) is 0 Å². The van der Waals surface area contributed by atoms with Crippen molar-refractivity contribution in [3.63, 3.8) is 0 Å². The van der Waals surface area contributed by atoms with Crippen LogP contribution in [0.4, 0.5) is 4.79 Å². The van der Waals surface area contributed by atoms with Crippen molar-refractivity contribution < 1.29 is 4.79 Å². The van der Waals surface area contributed by atoms with E-state index in [0.717, 1.165) is 6.54 Å². The Balaban J connectivity index is 2.79. The van der Waals surface area contributed by atoms with Crippen LogP contribution in [0.1, 0.15) is 6.92 Å². The largest absolute Gasteiger partial charge is 0.323 e. The normalized spacial score (nSPS) is 19.5. The first-order chi connectivity index (χ1) is 4.61. The van der Waals surface area contributed by atoms with Crippen LogP contribution in [-0.2, 0) is 0 Å². The smallest absolute Gasteiger partial charge is 0.323 e. The van der Waals surface area contributed by atoms with Gasteiger partial charge in [-0.25, -0.2) is 4.79 Å². The summed E-state index contributed by atoms with van der Waals surface area (Å²) >= 11 is 0. The fraction of sp³-hybridized carbons (Fsp3) is 0.571. The lowest BCUT2D eigenvalue weighted by Gasteiger charge is -2.28. The highest BCUT2D eigenvalue weighted by molar-refractivity contribution is 5.76. The fourth-order valence-corrected chi connectivity index (χ4v) is 1.14. The molecule has 0 spiro atoms. The summed E-state index contributed by atoms with van der Waals surface area (Å²) in [7, 11) is 3.57. The summed E-state index contributed by atoms with van der Waals surface area (Å²) in [5.41, 5.74) is 1.21. The molecule has 2 amide bonds. The highest BCUT2D eigenvalue weighted by Crippen LogP contribution is 2.07. The Hall–Kier alpha value is -0.990. The van der Waals surface area contributed by atoms with Gasteiger partial charge in [0.15, 0.2) is 0 Å². The molecule has 0 atom stereocenters. The van der Waals surface area contributed by atoms with E-state index in [2.05, 4.69) is 0 Å². The minimum atomic E-state index is 0.0607. The monoisotopic (exact) mass is 140 g/mol. The van der Waals surface area contributed by atoms with Gasteiger partial charge in [-0.05, 0) is 12.5 Å². The van der Waals surface area contributed by atoms with Crippen LogP contribution < -0.4 is 0 Å². The lowest BCUT2D eigenvalue weighted by molar-refractivity contribution is 0.185. The molecule has 0 aromatic rings. The van der Waals surface area contributed by atoms with Gasteiger partial charge < -0.3 is 9.80 Å². The van der Waals surface area contributed by atoms with Crippen molar-refractivity contribution in [2.24, 2.45) is 0 Å². The molecule has 3 heteroatoms. The zero-order chi connectivity index (χ0) is 7.72. The van der Waals surface area contributed by atoms with Crippen molar-refractivity contribution >= 4 is 6.03 Å². The summed E-state index contributed by atoms with van der Waals surface area (Å²) in [6.07, 6.45) is 1.86. The van der Waals surface area contributed by atoms with E-state index in [4.69, 9.17) is 0 Å². The van der Waals surface area contributed by atoms with E-state index in [0.29, 0.717) is 0 Å². The zero-order valence-electron chi connectivity index (χ0n) is 6.59. The van der Waals surface area contributed by atoms with Crippen molar-refractivity contribution in [1.82, 2.24) is 9.80 Å². The molecule has 1 rings (SSSR count). The minimum absolute atomic E-state index is 0.0607. The Labute approximate surface area is 60.9 Å². The van der Waals surface area contributed by atoms with Gasteiger partial charge in [0.05, 0.1) is 0 Å². The van der Waals surface area contributed by atoms with Gasteiger partial charge >= 0.3 is 6.03 Å². The molecule has 0 aliphatic carbocycles. The van der Waals surface area contributed by atoms with Gasteiger partial charge in [-0.2, -0.15) is 0 Å². The fourth-order valence-electron chi connectivity index (χ4n) is 1.14. The zero-order valence-corrected chi connectivity index (χ0v) is 6.59. The second-order valence-corrected chi connectivity index (χ2v) is 2.72. The van der Waals surface area contributed by atoms with E-state index in [9.17, 15) is 4.79 Å².